The van der Waals surface area contributed by atoms with Crippen LogP contribution >= 0.6 is 0 Å². The van der Waals surface area contributed by atoms with Crippen LogP contribution in [0.5, 0.6) is 6.01 Å². The quantitative estimate of drug-likeness (QED) is 0.493. The standard InChI is InChI=1S/C5H7N3O2/c1-6-3-2-4(9)8-5(10)7-3/h2H,1H3,(H3,6,7,8,9,10). The number of hydrogen-bond donors (Lipinski definition) is 3. The lowest BCUT2D eigenvalue weighted by Crippen LogP contribution is -2.07. The Kier molecular flexibility index (Phi) is 1.57. The zero-order valence-electron chi connectivity index (χ0n) is 5.38. The van der Waals surface area contributed by atoms with E-state index in [0.717, 1.165) is 0 Å². The van der Waals surface area contributed by atoms with Crippen molar-refractivity contribution < 1.29 is 5.11 Å². The Labute approximate surface area is 56.7 Å². The fraction of sp³-hybridized carbons (Fsp3) is 0.200. The Hall–Kier alpha value is -1.52. The van der Waals surface area contributed by atoms with E-state index in [-0.39, 0.29) is 11.6 Å². The summed E-state index contributed by atoms with van der Waals surface area (Å²) in [5.41, 5.74) is -0.378. The van der Waals surface area contributed by atoms with Crippen molar-refractivity contribution in [2.24, 2.45) is 0 Å². The van der Waals surface area contributed by atoms with Crippen LogP contribution in [0.25, 0.3) is 0 Å². The van der Waals surface area contributed by atoms with Crippen LogP contribution < -0.4 is 10.9 Å². The summed E-state index contributed by atoms with van der Waals surface area (Å²) in [5, 5.41) is 11.3. The molecule has 3 N–H and O–H groups in total. The molecule has 0 aliphatic rings. The van der Waals surface area contributed by atoms with E-state index < -0.39 is 0 Å². The van der Waals surface area contributed by atoms with Crippen LogP contribution in [-0.2, 0) is 0 Å². The van der Waals surface area contributed by atoms with Crippen molar-refractivity contribution in [2.75, 3.05) is 12.4 Å². The number of rotatable bonds is 1. The largest absolute Gasteiger partial charge is 0.480 e. The first-order valence-electron chi connectivity index (χ1n) is 2.70. The summed E-state index contributed by atoms with van der Waals surface area (Å²) in [6.07, 6.45) is 0. The third-order valence-electron chi connectivity index (χ3n) is 0.985. The molecule has 1 aromatic rings. The molecule has 54 valence electrons. The molecule has 5 nitrogen and oxygen atoms in total. The summed E-state index contributed by atoms with van der Waals surface area (Å²) >= 11 is 0. The van der Waals surface area contributed by atoms with Gasteiger partial charge in [0.2, 0.25) is 0 Å². The highest BCUT2D eigenvalue weighted by atomic mass is 16.3. The molecule has 1 heterocycles. The molecule has 0 fully saturated rings. The van der Waals surface area contributed by atoms with Crippen molar-refractivity contribution in [3.05, 3.63) is 16.4 Å². The minimum atomic E-state index is -0.378. The molecule has 10 heavy (non-hydrogen) atoms. The van der Waals surface area contributed by atoms with Crippen molar-refractivity contribution in [1.82, 2.24) is 9.97 Å². The van der Waals surface area contributed by atoms with Gasteiger partial charge in [0.1, 0.15) is 5.82 Å². The molecule has 0 atom stereocenters. The van der Waals surface area contributed by atoms with E-state index in [1.54, 1.807) is 7.05 Å². The summed E-state index contributed by atoms with van der Waals surface area (Å²) in [6, 6.07) is 0.872. The average Bonchev–Trinajstić information content (AvgIpc) is 1.85. The lowest BCUT2D eigenvalue weighted by molar-refractivity contribution is 0.429. The van der Waals surface area contributed by atoms with E-state index >= 15 is 0 Å². The summed E-state index contributed by atoms with van der Waals surface area (Å²) in [4.78, 5) is 16.2. The minimum Gasteiger partial charge on any atom is -0.480 e. The van der Waals surface area contributed by atoms with Gasteiger partial charge in [-0.05, 0) is 0 Å². The summed E-state index contributed by atoms with van der Waals surface area (Å²) in [6.45, 7) is 0. The number of aromatic nitrogens is 2. The van der Waals surface area contributed by atoms with Crippen LogP contribution in [0.4, 0.5) is 5.82 Å². The van der Waals surface area contributed by atoms with Gasteiger partial charge >= 0.3 is 0 Å². The number of hydrogen-bond acceptors (Lipinski definition) is 4. The Bertz CT molecular complexity index is 280. The topological polar surface area (TPSA) is 78.0 Å². The maximum absolute atomic E-state index is 10.6. The Morgan fingerprint density at radius 3 is 3.00 bits per heavy atom. The van der Waals surface area contributed by atoms with Gasteiger partial charge in [0.15, 0.2) is 0 Å². The number of anilines is 1. The normalized spacial score (nSPS) is 9.30. The summed E-state index contributed by atoms with van der Waals surface area (Å²) in [5.74, 6) is 0.348. The fourth-order valence-electron chi connectivity index (χ4n) is 0.573. The molecular formula is C5H7N3O2. The molecule has 1 aromatic heterocycles. The lowest BCUT2D eigenvalue weighted by Gasteiger charge is -1.95. The smallest absolute Gasteiger partial charge is 0.295 e. The molecule has 0 unspecified atom stereocenters. The zero-order valence-corrected chi connectivity index (χ0v) is 5.38. The van der Waals surface area contributed by atoms with E-state index in [0.29, 0.717) is 5.82 Å². The van der Waals surface area contributed by atoms with Crippen LogP contribution in [0.15, 0.2) is 10.9 Å². The van der Waals surface area contributed by atoms with Crippen LogP contribution in [0, 0.1) is 0 Å². The van der Waals surface area contributed by atoms with Gasteiger partial charge in [-0.3, -0.25) is 9.78 Å². The van der Waals surface area contributed by atoms with E-state index in [4.69, 9.17) is 5.11 Å². The maximum Gasteiger partial charge on any atom is 0.295 e. The molecule has 5 heteroatoms. The zero-order chi connectivity index (χ0) is 7.56. The highest BCUT2D eigenvalue weighted by Gasteiger charge is 1.94. The van der Waals surface area contributed by atoms with Gasteiger partial charge in [0, 0.05) is 13.1 Å². The van der Waals surface area contributed by atoms with Gasteiger partial charge in [0.25, 0.3) is 11.6 Å². The van der Waals surface area contributed by atoms with Gasteiger partial charge in [-0.1, -0.05) is 0 Å². The van der Waals surface area contributed by atoms with Gasteiger partial charge in [-0.15, -0.1) is 0 Å². The lowest BCUT2D eigenvalue weighted by atomic mass is 10.6. The van der Waals surface area contributed by atoms with E-state index in [2.05, 4.69) is 15.3 Å². The number of aromatic hydroxyl groups is 1. The van der Waals surface area contributed by atoms with E-state index in [1.165, 1.54) is 6.07 Å². The molecular weight excluding hydrogens is 134 g/mol. The van der Waals surface area contributed by atoms with Gasteiger partial charge in [0.05, 0.1) is 0 Å². The first kappa shape index (κ1) is 6.60. The molecule has 0 saturated carbocycles. The molecule has 0 amide bonds. The summed E-state index contributed by atoms with van der Waals surface area (Å²) < 4.78 is 0. The highest BCUT2D eigenvalue weighted by Crippen LogP contribution is 1.99. The molecule has 0 radical (unpaired) electrons. The van der Waals surface area contributed by atoms with E-state index in [1.807, 2.05) is 0 Å². The first-order chi connectivity index (χ1) is 4.72. The Morgan fingerprint density at radius 2 is 2.50 bits per heavy atom. The third kappa shape index (κ3) is 1.25. The summed E-state index contributed by atoms with van der Waals surface area (Å²) in [7, 11) is 1.61. The number of nitrogens with zero attached hydrogens (tertiary/aromatic N) is 1. The monoisotopic (exact) mass is 141 g/mol. The van der Waals surface area contributed by atoms with Gasteiger partial charge in [-0.2, -0.15) is 4.98 Å². The molecule has 0 aliphatic heterocycles. The van der Waals surface area contributed by atoms with Crippen molar-refractivity contribution in [3.8, 4) is 6.01 Å². The molecule has 0 bridgehead atoms. The van der Waals surface area contributed by atoms with Crippen molar-refractivity contribution in [2.45, 2.75) is 0 Å². The van der Waals surface area contributed by atoms with Gasteiger partial charge < -0.3 is 10.4 Å². The number of nitrogens with one attached hydrogen (secondary N) is 2. The predicted molar refractivity (Wildman–Crippen MR) is 36.1 cm³/mol. The Morgan fingerprint density at radius 1 is 1.80 bits per heavy atom. The second-order valence-corrected chi connectivity index (χ2v) is 1.70. The SMILES string of the molecule is CNc1cc(=O)[nH]c(O)n1. The third-order valence-corrected chi connectivity index (χ3v) is 0.985. The number of H-pyrrole nitrogens is 1. The van der Waals surface area contributed by atoms with Crippen LogP contribution in [0.2, 0.25) is 0 Å². The maximum atomic E-state index is 10.6. The first-order valence-corrected chi connectivity index (χ1v) is 2.70. The van der Waals surface area contributed by atoms with Crippen molar-refractivity contribution >= 4 is 5.82 Å². The van der Waals surface area contributed by atoms with Crippen molar-refractivity contribution in [3.63, 3.8) is 0 Å². The second kappa shape index (κ2) is 2.38. The fourth-order valence-corrected chi connectivity index (χ4v) is 0.573. The van der Waals surface area contributed by atoms with Crippen LogP contribution in [0.3, 0.4) is 0 Å². The van der Waals surface area contributed by atoms with Crippen LogP contribution in [-0.4, -0.2) is 22.1 Å². The second-order valence-electron chi connectivity index (χ2n) is 1.70. The molecule has 0 spiro atoms. The molecule has 0 aromatic carbocycles. The average molecular weight is 141 g/mol. The minimum absolute atomic E-state index is 0.348. The predicted octanol–water partition coefficient (Wildman–Crippen LogP) is -0.483. The Balaban J connectivity index is 3.19. The van der Waals surface area contributed by atoms with Crippen LogP contribution in [0.1, 0.15) is 0 Å². The van der Waals surface area contributed by atoms with E-state index in [9.17, 15) is 4.79 Å². The van der Waals surface area contributed by atoms with Crippen molar-refractivity contribution in [1.29, 1.82) is 0 Å². The van der Waals surface area contributed by atoms with Gasteiger partial charge in [-0.25, -0.2) is 0 Å². The highest BCUT2D eigenvalue weighted by molar-refractivity contribution is 5.32. The molecule has 0 aliphatic carbocycles. The molecule has 0 saturated heterocycles. The molecule has 1 rings (SSSR count). The number of aromatic amines is 1.